The van der Waals surface area contributed by atoms with Crippen molar-refractivity contribution >= 4 is 10.0 Å². The smallest absolute Gasteiger partial charge is 0.246 e. The van der Waals surface area contributed by atoms with E-state index in [1.54, 1.807) is 15.2 Å². The number of nitrogens with two attached hydrogens (primary N) is 1. The number of hydrogen-bond donors (Lipinski definition) is 1. The first kappa shape index (κ1) is 15.5. The summed E-state index contributed by atoms with van der Waals surface area (Å²) in [7, 11) is -3.42. The molecule has 6 nitrogen and oxygen atoms in total. The third-order valence-electron chi connectivity index (χ3n) is 3.80. The lowest BCUT2D eigenvalue weighted by Gasteiger charge is -2.25. The molecule has 0 spiro atoms. The molecule has 1 atom stereocenters. The molecule has 0 amide bonds. The molecule has 2 N–H and O–H groups in total. The Kier molecular flexibility index (Phi) is 5.17. The van der Waals surface area contributed by atoms with Crippen LogP contribution in [-0.4, -0.2) is 41.6 Å². The normalized spacial score (nSPS) is 21.8. The highest BCUT2D eigenvalue weighted by Gasteiger charge is 2.30. The number of sulfonamides is 1. The van der Waals surface area contributed by atoms with E-state index in [0.717, 1.165) is 32.1 Å². The molecule has 0 bridgehead atoms. The van der Waals surface area contributed by atoms with Gasteiger partial charge in [0.2, 0.25) is 10.0 Å². The zero-order valence-electron chi connectivity index (χ0n) is 12.0. The molecule has 20 heavy (non-hydrogen) atoms. The minimum atomic E-state index is -3.42. The highest BCUT2D eigenvalue weighted by Crippen LogP contribution is 2.24. The fourth-order valence-electron chi connectivity index (χ4n) is 2.59. The van der Waals surface area contributed by atoms with Crippen LogP contribution in [0, 0.1) is 0 Å². The minimum absolute atomic E-state index is 0.0647. The summed E-state index contributed by atoms with van der Waals surface area (Å²) in [4.78, 5) is 0.295. The molecule has 1 aromatic rings. The third kappa shape index (κ3) is 3.39. The Balaban J connectivity index is 2.18. The first-order chi connectivity index (χ1) is 9.55. The lowest BCUT2D eigenvalue weighted by molar-refractivity contribution is 0.342. The van der Waals surface area contributed by atoms with Gasteiger partial charge >= 0.3 is 0 Å². The van der Waals surface area contributed by atoms with Crippen molar-refractivity contribution in [3.05, 3.63) is 12.4 Å². The van der Waals surface area contributed by atoms with E-state index in [1.165, 1.54) is 6.20 Å². The van der Waals surface area contributed by atoms with E-state index in [-0.39, 0.29) is 6.04 Å². The van der Waals surface area contributed by atoms with Gasteiger partial charge in [-0.05, 0) is 32.7 Å². The first-order valence-electron chi connectivity index (χ1n) is 7.30. The van der Waals surface area contributed by atoms with Gasteiger partial charge in [-0.2, -0.15) is 9.40 Å². The molecule has 1 saturated heterocycles. The number of hydrogen-bond acceptors (Lipinski definition) is 4. The molecule has 1 aliphatic rings. The van der Waals surface area contributed by atoms with Crippen molar-refractivity contribution < 1.29 is 8.42 Å². The zero-order chi connectivity index (χ0) is 14.6. The molecule has 114 valence electrons. The Bertz CT molecular complexity index is 526. The molecule has 0 radical (unpaired) electrons. The molecule has 0 aromatic carbocycles. The van der Waals surface area contributed by atoms with Gasteiger partial charge in [-0.1, -0.05) is 12.8 Å². The van der Waals surface area contributed by atoms with Crippen molar-refractivity contribution in [3.8, 4) is 0 Å². The lowest BCUT2D eigenvalue weighted by atomic mass is 10.1. The zero-order valence-corrected chi connectivity index (χ0v) is 12.8. The second kappa shape index (κ2) is 6.69. The van der Waals surface area contributed by atoms with Crippen LogP contribution >= 0.6 is 0 Å². The van der Waals surface area contributed by atoms with Crippen LogP contribution in [0.3, 0.4) is 0 Å². The van der Waals surface area contributed by atoms with E-state index in [1.807, 2.05) is 6.92 Å². The molecule has 2 rings (SSSR count). The van der Waals surface area contributed by atoms with Crippen LogP contribution in [0.4, 0.5) is 0 Å². The van der Waals surface area contributed by atoms with E-state index in [4.69, 9.17) is 5.73 Å². The molecule has 0 aliphatic carbocycles. The van der Waals surface area contributed by atoms with Gasteiger partial charge in [0.25, 0.3) is 0 Å². The largest absolute Gasteiger partial charge is 0.330 e. The molecule has 0 saturated carbocycles. The van der Waals surface area contributed by atoms with Gasteiger partial charge in [0.05, 0.1) is 6.20 Å². The second-order valence-corrected chi connectivity index (χ2v) is 7.29. The molecule has 1 fully saturated rings. The lowest BCUT2D eigenvalue weighted by Crippen LogP contribution is -2.38. The summed E-state index contributed by atoms with van der Waals surface area (Å²) in [5.74, 6) is 0. The summed E-state index contributed by atoms with van der Waals surface area (Å²) in [6.07, 6.45) is 7.92. The number of nitrogens with zero attached hydrogens (tertiary/aromatic N) is 3. The van der Waals surface area contributed by atoms with Crippen LogP contribution in [0.5, 0.6) is 0 Å². The summed E-state index contributed by atoms with van der Waals surface area (Å²) in [6.45, 7) is 3.83. The predicted molar refractivity (Wildman–Crippen MR) is 77.7 cm³/mol. The Morgan fingerprint density at radius 2 is 2.20 bits per heavy atom. The van der Waals surface area contributed by atoms with Crippen molar-refractivity contribution in [2.24, 2.45) is 5.73 Å². The molecule has 1 unspecified atom stereocenters. The quantitative estimate of drug-likeness (QED) is 0.885. The van der Waals surface area contributed by atoms with Crippen molar-refractivity contribution in [2.75, 3.05) is 13.1 Å². The van der Waals surface area contributed by atoms with Gasteiger partial charge in [0, 0.05) is 25.3 Å². The Morgan fingerprint density at radius 1 is 1.40 bits per heavy atom. The molecular weight excluding hydrogens is 276 g/mol. The molecule has 1 aromatic heterocycles. The van der Waals surface area contributed by atoms with Crippen molar-refractivity contribution in [1.82, 2.24) is 14.1 Å². The summed E-state index contributed by atoms with van der Waals surface area (Å²) in [5, 5.41) is 4.12. The van der Waals surface area contributed by atoms with E-state index in [2.05, 4.69) is 5.10 Å². The van der Waals surface area contributed by atoms with Crippen LogP contribution in [0.15, 0.2) is 17.3 Å². The van der Waals surface area contributed by atoms with Gasteiger partial charge < -0.3 is 5.73 Å². The van der Waals surface area contributed by atoms with Crippen LogP contribution in [0.2, 0.25) is 0 Å². The monoisotopic (exact) mass is 300 g/mol. The fourth-order valence-corrected chi connectivity index (χ4v) is 4.25. The first-order valence-corrected chi connectivity index (χ1v) is 8.74. The summed E-state index contributed by atoms with van der Waals surface area (Å²) < 4.78 is 28.7. The maximum absolute atomic E-state index is 12.7. The predicted octanol–water partition coefficient (Wildman–Crippen LogP) is 1.19. The third-order valence-corrected chi connectivity index (χ3v) is 5.77. The maximum atomic E-state index is 12.7. The summed E-state index contributed by atoms with van der Waals surface area (Å²) >= 11 is 0. The highest BCUT2D eigenvalue weighted by molar-refractivity contribution is 7.89. The molecule has 7 heteroatoms. The summed E-state index contributed by atoms with van der Waals surface area (Å²) in [5.41, 5.74) is 5.45. The van der Waals surface area contributed by atoms with Crippen LogP contribution in [0.1, 0.15) is 39.0 Å². The van der Waals surface area contributed by atoms with Gasteiger partial charge in [-0.3, -0.25) is 4.68 Å². The van der Waals surface area contributed by atoms with E-state index < -0.39 is 10.0 Å². The second-order valence-electron chi connectivity index (χ2n) is 5.40. The van der Waals surface area contributed by atoms with Gasteiger partial charge in [0.1, 0.15) is 4.90 Å². The average molecular weight is 300 g/mol. The summed E-state index contributed by atoms with van der Waals surface area (Å²) in [6, 6.07) is 0.0647. The number of aryl methyl sites for hydroxylation is 1. The van der Waals surface area contributed by atoms with Crippen molar-refractivity contribution in [2.45, 2.75) is 56.5 Å². The SMILES string of the molecule is CC1CCCCCN1S(=O)(=O)c1cnn(CCCN)c1. The van der Waals surface area contributed by atoms with Crippen molar-refractivity contribution in [1.29, 1.82) is 0 Å². The van der Waals surface area contributed by atoms with Crippen LogP contribution < -0.4 is 5.73 Å². The fraction of sp³-hybridized carbons (Fsp3) is 0.769. The Morgan fingerprint density at radius 3 is 2.95 bits per heavy atom. The highest BCUT2D eigenvalue weighted by atomic mass is 32.2. The van der Waals surface area contributed by atoms with Gasteiger partial charge in [0.15, 0.2) is 0 Å². The van der Waals surface area contributed by atoms with E-state index in [9.17, 15) is 8.42 Å². The van der Waals surface area contributed by atoms with E-state index in [0.29, 0.717) is 24.5 Å². The van der Waals surface area contributed by atoms with Crippen LogP contribution in [-0.2, 0) is 16.6 Å². The Labute approximate surface area is 121 Å². The Hall–Kier alpha value is -0.920. The molecule has 2 heterocycles. The van der Waals surface area contributed by atoms with Crippen molar-refractivity contribution in [3.63, 3.8) is 0 Å². The van der Waals surface area contributed by atoms with Gasteiger partial charge in [-0.15, -0.1) is 0 Å². The number of aromatic nitrogens is 2. The molecular formula is C13H24N4O2S. The topological polar surface area (TPSA) is 81.2 Å². The van der Waals surface area contributed by atoms with E-state index >= 15 is 0 Å². The minimum Gasteiger partial charge on any atom is -0.330 e. The maximum Gasteiger partial charge on any atom is 0.246 e. The van der Waals surface area contributed by atoms with Gasteiger partial charge in [-0.25, -0.2) is 8.42 Å². The van der Waals surface area contributed by atoms with Crippen LogP contribution in [0.25, 0.3) is 0 Å². The number of rotatable bonds is 5. The molecule has 1 aliphatic heterocycles. The average Bonchev–Trinajstić information content (AvgIpc) is 2.79. The standard InChI is InChI=1S/C13H24N4O2S/c1-12-6-3-2-4-9-17(12)20(18,19)13-10-15-16(11-13)8-5-7-14/h10-12H,2-9,14H2,1H3.